The van der Waals surface area contributed by atoms with Gasteiger partial charge < -0.3 is 29.7 Å². The van der Waals surface area contributed by atoms with Crippen molar-refractivity contribution in [2.75, 3.05) is 26.6 Å². The van der Waals surface area contributed by atoms with Gasteiger partial charge in [-0.2, -0.15) is 0 Å². The number of methoxy groups -OCH3 is 3. The number of benzene rings is 3. The van der Waals surface area contributed by atoms with E-state index in [0.29, 0.717) is 28.4 Å². The van der Waals surface area contributed by atoms with E-state index in [9.17, 15) is 15.0 Å². The maximum atomic E-state index is 12.4. The Kier molecular flexibility index (Phi) is 7.60. The molecule has 7 heteroatoms. The Morgan fingerprint density at radius 1 is 0.818 bits per heavy atom. The lowest BCUT2D eigenvalue weighted by atomic mass is 10.1. The molecule has 0 radical (unpaired) electrons. The Balaban J connectivity index is 1.85. The van der Waals surface area contributed by atoms with E-state index < -0.39 is 5.91 Å². The van der Waals surface area contributed by atoms with Gasteiger partial charge in [0, 0.05) is 11.6 Å². The first kappa shape index (κ1) is 23.3. The third-order valence-electron chi connectivity index (χ3n) is 4.76. The molecule has 0 unspecified atom stereocenters. The van der Waals surface area contributed by atoms with Gasteiger partial charge in [0.2, 0.25) is 11.7 Å². The molecule has 0 aliphatic heterocycles. The quantitative estimate of drug-likeness (QED) is 0.257. The molecule has 0 aliphatic rings. The average Bonchev–Trinajstić information content (AvgIpc) is 2.82. The molecule has 3 N–H and O–H groups in total. The summed E-state index contributed by atoms with van der Waals surface area (Å²) in [5.41, 5.74) is 2.31. The molecule has 1 amide bonds. The number of carbonyl (C=O) groups is 1. The van der Waals surface area contributed by atoms with E-state index >= 15 is 0 Å². The minimum atomic E-state index is -0.428. The Morgan fingerprint density at radius 2 is 1.52 bits per heavy atom. The minimum Gasteiger partial charge on any atom is -0.508 e. The van der Waals surface area contributed by atoms with E-state index in [-0.39, 0.29) is 17.2 Å². The molecule has 0 atom stereocenters. The summed E-state index contributed by atoms with van der Waals surface area (Å²) in [6.07, 6.45) is 6.46. The van der Waals surface area contributed by atoms with Crippen LogP contribution in [0.25, 0.3) is 18.2 Å². The molecule has 0 spiro atoms. The first-order chi connectivity index (χ1) is 15.9. The maximum absolute atomic E-state index is 12.4. The van der Waals surface area contributed by atoms with E-state index in [1.807, 2.05) is 0 Å². The first-order valence-electron chi connectivity index (χ1n) is 10.0. The normalized spacial score (nSPS) is 11.0. The van der Waals surface area contributed by atoms with Gasteiger partial charge in [-0.15, -0.1) is 0 Å². The van der Waals surface area contributed by atoms with Gasteiger partial charge in [0.25, 0.3) is 0 Å². The Labute approximate surface area is 192 Å². The number of aromatic hydroxyl groups is 2. The highest BCUT2D eigenvalue weighted by molar-refractivity contribution is 6.04. The zero-order chi connectivity index (χ0) is 23.8. The highest BCUT2D eigenvalue weighted by Crippen LogP contribution is 2.39. The average molecular weight is 447 g/mol. The summed E-state index contributed by atoms with van der Waals surface area (Å²) in [6, 6.07) is 15.0. The lowest BCUT2D eigenvalue weighted by Gasteiger charge is -2.13. The second-order valence-corrected chi connectivity index (χ2v) is 6.95. The molecule has 0 saturated carbocycles. The summed E-state index contributed by atoms with van der Waals surface area (Å²) in [5.74, 6) is 1.12. The number of phenolic OH excluding ortho intramolecular Hbond substituents is 2. The highest BCUT2D eigenvalue weighted by atomic mass is 16.5. The van der Waals surface area contributed by atoms with Crippen molar-refractivity contribution in [3.63, 3.8) is 0 Å². The van der Waals surface area contributed by atoms with Gasteiger partial charge in [-0.25, -0.2) is 0 Å². The Hall–Kier alpha value is -4.39. The molecular weight excluding hydrogens is 422 g/mol. The van der Waals surface area contributed by atoms with E-state index in [1.165, 1.54) is 39.5 Å². The summed E-state index contributed by atoms with van der Waals surface area (Å²) in [4.78, 5) is 12.4. The van der Waals surface area contributed by atoms with Crippen LogP contribution in [0.1, 0.15) is 16.7 Å². The number of ether oxygens (including phenoxy) is 3. The van der Waals surface area contributed by atoms with Gasteiger partial charge in [0.1, 0.15) is 11.5 Å². The van der Waals surface area contributed by atoms with Crippen LogP contribution in [0.3, 0.4) is 0 Å². The second kappa shape index (κ2) is 10.8. The third kappa shape index (κ3) is 5.86. The largest absolute Gasteiger partial charge is 0.508 e. The zero-order valence-corrected chi connectivity index (χ0v) is 18.5. The van der Waals surface area contributed by atoms with Gasteiger partial charge in [-0.05, 0) is 47.5 Å². The monoisotopic (exact) mass is 447 g/mol. The molecule has 0 heterocycles. The summed E-state index contributed by atoms with van der Waals surface area (Å²) >= 11 is 0. The van der Waals surface area contributed by atoms with Crippen molar-refractivity contribution in [3.05, 3.63) is 77.4 Å². The molecule has 7 nitrogen and oxygen atoms in total. The second-order valence-electron chi connectivity index (χ2n) is 6.95. The van der Waals surface area contributed by atoms with Crippen molar-refractivity contribution >= 4 is 29.8 Å². The molecule has 3 aromatic rings. The van der Waals surface area contributed by atoms with Crippen molar-refractivity contribution in [1.82, 2.24) is 0 Å². The van der Waals surface area contributed by atoms with Crippen molar-refractivity contribution in [2.45, 2.75) is 0 Å². The van der Waals surface area contributed by atoms with Crippen LogP contribution in [-0.2, 0) is 4.79 Å². The number of rotatable bonds is 8. The number of anilines is 1. The van der Waals surface area contributed by atoms with Crippen molar-refractivity contribution in [2.24, 2.45) is 0 Å². The number of nitrogens with one attached hydrogen (secondary N) is 1. The van der Waals surface area contributed by atoms with Gasteiger partial charge in [0.15, 0.2) is 11.5 Å². The Morgan fingerprint density at radius 3 is 2.15 bits per heavy atom. The van der Waals surface area contributed by atoms with Crippen LogP contribution in [0.15, 0.2) is 60.7 Å². The fourth-order valence-electron chi connectivity index (χ4n) is 3.18. The molecule has 0 aliphatic carbocycles. The van der Waals surface area contributed by atoms with Crippen LogP contribution >= 0.6 is 0 Å². The Bertz CT molecular complexity index is 1170. The summed E-state index contributed by atoms with van der Waals surface area (Å²) in [6.45, 7) is 0. The van der Waals surface area contributed by atoms with E-state index in [0.717, 1.165) is 5.56 Å². The van der Waals surface area contributed by atoms with Gasteiger partial charge in [-0.1, -0.05) is 36.4 Å². The van der Waals surface area contributed by atoms with Crippen LogP contribution in [0, 0.1) is 0 Å². The number of hydrogen-bond donors (Lipinski definition) is 3. The number of para-hydroxylation sites is 1. The molecular formula is C26H25NO6. The zero-order valence-electron chi connectivity index (χ0n) is 18.5. The number of amides is 1. The topological polar surface area (TPSA) is 97.3 Å². The van der Waals surface area contributed by atoms with Gasteiger partial charge >= 0.3 is 0 Å². The lowest BCUT2D eigenvalue weighted by molar-refractivity contribution is -0.111. The summed E-state index contributed by atoms with van der Waals surface area (Å²) in [5, 5.41) is 22.6. The predicted molar refractivity (Wildman–Crippen MR) is 129 cm³/mol. The van der Waals surface area contributed by atoms with E-state index in [2.05, 4.69) is 5.32 Å². The first-order valence-corrected chi connectivity index (χ1v) is 10.0. The number of hydrogen-bond acceptors (Lipinski definition) is 6. The standard InChI is InChI=1S/C26H25NO6/c1-31-22-15-18(16-23(32-2)26(22)33-3)10-12-19-7-5-9-21(29)25(19)27-24(30)13-11-17-6-4-8-20(28)14-17/h4-16,28-29H,1-3H3,(H,27,30)/b12-10+,13-11+. The van der Waals surface area contributed by atoms with Gasteiger partial charge in [0.05, 0.1) is 27.0 Å². The van der Waals surface area contributed by atoms with Crippen molar-refractivity contribution in [1.29, 1.82) is 0 Å². The molecule has 0 aromatic heterocycles. The fourth-order valence-corrected chi connectivity index (χ4v) is 3.18. The molecule has 170 valence electrons. The third-order valence-corrected chi connectivity index (χ3v) is 4.76. The van der Waals surface area contributed by atoms with E-state index in [4.69, 9.17) is 14.2 Å². The highest BCUT2D eigenvalue weighted by Gasteiger charge is 2.13. The molecule has 3 aromatic carbocycles. The summed E-state index contributed by atoms with van der Waals surface area (Å²) < 4.78 is 16.1. The van der Waals surface area contributed by atoms with Crippen molar-refractivity contribution in [3.8, 4) is 28.7 Å². The van der Waals surface area contributed by atoms with E-state index in [1.54, 1.807) is 60.7 Å². The molecule has 3 rings (SSSR count). The predicted octanol–water partition coefficient (Wildman–Crippen LogP) is 4.95. The fraction of sp³-hybridized carbons (Fsp3) is 0.115. The summed E-state index contributed by atoms with van der Waals surface area (Å²) in [7, 11) is 4.61. The van der Waals surface area contributed by atoms with Crippen LogP contribution in [0.4, 0.5) is 5.69 Å². The molecule has 0 fully saturated rings. The maximum Gasteiger partial charge on any atom is 0.248 e. The van der Waals surface area contributed by atoms with Crippen LogP contribution < -0.4 is 19.5 Å². The smallest absolute Gasteiger partial charge is 0.248 e. The molecule has 0 saturated heterocycles. The minimum absolute atomic E-state index is 0.0684. The van der Waals surface area contributed by atoms with Crippen LogP contribution in [0.5, 0.6) is 28.7 Å². The molecule has 0 bridgehead atoms. The number of carbonyl (C=O) groups excluding carboxylic acids is 1. The van der Waals surface area contributed by atoms with Crippen LogP contribution in [-0.4, -0.2) is 37.4 Å². The molecule has 33 heavy (non-hydrogen) atoms. The number of phenols is 2. The van der Waals surface area contributed by atoms with Crippen molar-refractivity contribution < 1.29 is 29.2 Å². The SMILES string of the molecule is COc1cc(/C=C/c2cccc(O)c2NC(=O)/C=C/c2cccc(O)c2)cc(OC)c1OC. The van der Waals surface area contributed by atoms with Gasteiger partial charge in [-0.3, -0.25) is 4.79 Å². The lowest BCUT2D eigenvalue weighted by Crippen LogP contribution is -2.09. The van der Waals surface area contributed by atoms with Crippen LogP contribution in [0.2, 0.25) is 0 Å².